The first-order valence-corrected chi connectivity index (χ1v) is 9.83. The van der Waals surface area contributed by atoms with E-state index in [1.807, 2.05) is 0 Å². The summed E-state index contributed by atoms with van der Waals surface area (Å²) in [7, 11) is 0. The number of nitrogens with one attached hydrogen (secondary N) is 1. The Morgan fingerprint density at radius 1 is 0.941 bits per heavy atom. The highest BCUT2D eigenvalue weighted by atomic mass is 35.5. The zero-order valence-electron chi connectivity index (χ0n) is 16.9. The molecule has 2 saturated heterocycles. The van der Waals surface area contributed by atoms with Gasteiger partial charge in [-0.15, -0.1) is 0 Å². The fourth-order valence-corrected chi connectivity index (χ4v) is 4.87. The molecule has 172 valence electrons. The zero-order valence-corrected chi connectivity index (χ0v) is 17.6. The minimum absolute atomic E-state index is 0.0210. The van der Waals surface area contributed by atoms with Gasteiger partial charge in [-0.1, -0.05) is 30.7 Å². The van der Waals surface area contributed by atoms with Crippen molar-refractivity contribution in [1.29, 1.82) is 21.2 Å². The van der Waals surface area contributed by atoms with Crippen LogP contribution < -0.4 is 0 Å². The van der Waals surface area contributed by atoms with Gasteiger partial charge in [0, 0.05) is 10.6 Å². The van der Waals surface area contributed by atoms with Crippen LogP contribution in [-0.2, 0) is 15.3 Å². The Morgan fingerprint density at radius 2 is 1.50 bits per heavy atom. The predicted molar refractivity (Wildman–Crippen MR) is 103 cm³/mol. The van der Waals surface area contributed by atoms with Crippen molar-refractivity contribution in [2.45, 2.75) is 18.8 Å². The normalized spacial score (nSPS) is 29.0. The molecule has 2 bridgehead atoms. The molecule has 2 fully saturated rings. The van der Waals surface area contributed by atoms with Crippen LogP contribution in [0.5, 0.6) is 0 Å². The van der Waals surface area contributed by atoms with Gasteiger partial charge in [0.2, 0.25) is 22.9 Å². The van der Waals surface area contributed by atoms with Gasteiger partial charge in [-0.25, -0.2) is 22.0 Å². The summed E-state index contributed by atoms with van der Waals surface area (Å²) in [5, 5.41) is 38.7. The highest BCUT2D eigenvalue weighted by molar-refractivity contribution is 6.30. The minimum atomic E-state index is -2.95. The van der Waals surface area contributed by atoms with Gasteiger partial charge >= 0.3 is 0 Å². The molecular formula is C22H10ClF5N4O2. The first-order valence-electron chi connectivity index (χ1n) is 9.46. The molecule has 0 spiro atoms. The third kappa shape index (κ3) is 2.47. The van der Waals surface area contributed by atoms with E-state index in [0.717, 1.165) is 0 Å². The zero-order chi connectivity index (χ0) is 25.2. The maximum Gasteiger partial charge on any atom is 0.244 e. The van der Waals surface area contributed by atoms with Gasteiger partial charge in [0.25, 0.3) is 0 Å². The number of ether oxygens (including phenoxy) is 2. The van der Waals surface area contributed by atoms with E-state index in [9.17, 15) is 37.7 Å². The topological polar surface area (TPSA) is 114 Å². The first kappa shape index (κ1) is 23.4. The molecule has 2 aromatic rings. The fraction of sp³-hybridized carbons (Fsp3) is 0.273. The molecule has 2 heterocycles. The molecule has 6 nitrogen and oxygen atoms in total. The third-order valence-electron chi connectivity index (χ3n) is 6.40. The van der Waals surface area contributed by atoms with E-state index in [-0.39, 0.29) is 10.6 Å². The van der Waals surface area contributed by atoms with Crippen LogP contribution in [0.4, 0.5) is 22.0 Å². The molecule has 12 heteroatoms. The maximum absolute atomic E-state index is 14.9. The predicted octanol–water partition coefficient (Wildman–Crippen LogP) is 5.15. The largest absolute Gasteiger partial charge is 0.443 e. The van der Waals surface area contributed by atoms with E-state index < -0.39 is 69.2 Å². The van der Waals surface area contributed by atoms with Crippen molar-refractivity contribution < 1.29 is 31.4 Å². The summed E-state index contributed by atoms with van der Waals surface area (Å²) in [6, 6.07) is 10.1. The second-order valence-corrected chi connectivity index (χ2v) is 8.20. The molecule has 2 aliphatic heterocycles. The summed E-state index contributed by atoms with van der Waals surface area (Å²) < 4.78 is 83.0. The maximum atomic E-state index is 14.9. The molecule has 0 amide bonds. The number of benzene rings is 2. The monoisotopic (exact) mass is 492 g/mol. The van der Waals surface area contributed by atoms with E-state index in [1.54, 1.807) is 6.07 Å². The quantitative estimate of drug-likeness (QED) is 0.354. The lowest BCUT2D eigenvalue weighted by atomic mass is 9.53. The van der Waals surface area contributed by atoms with Crippen molar-refractivity contribution in [2.24, 2.45) is 16.7 Å². The van der Waals surface area contributed by atoms with Gasteiger partial charge < -0.3 is 9.47 Å². The van der Waals surface area contributed by atoms with Crippen molar-refractivity contribution in [3.63, 3.8) is 0 Å². The molecule has 4 rings (SSSR count). The van der Waals surface area contributed by atoms with E-state index >= 15 is 0 Å². The lowest BCUT2D eigenvalue weighted by Gasteiger charge is -2.48. The Kier molecular flexibility index (Phi) is 5.10. The van der Waals surface area contributed by atoms with E-state index in [0.29, 0.717) is 0 Å². The molecule has 2 aromatic carbocycles. The van der Waals surface area contributed by atoms with Crippen LogP contribution in [0.3, 0.4) is 0 Å². The molecule has 1 N–H and O–H groups in total. The van der Waals surface area contributed by atoms with Crippen LogP contribution in [0, 0.1) is 85.2 Å². The Bertz CT molecular complexity index is 1350. The van der Waals surface area contributed by atoms with Crippen LogP contribution in [0.1, 0.15) is 24.2 Å². The molecule has 34 heavy (non-hydrogen) atoms. The summed E-state index contributed by atoms with van der Waals surface area (Å²) in [5.41, 5.74) is -7.10. The van der Waals surface area contributed by atoms with E-state index in [4.69, 9.17) is 26.5 Å². The van der Waals surface area contributed by atoms with Crippen LogP contribution in [0.15, 0.2) is 24.3 Å². The number of hydrogen-bond donors (Lipinski definition) is 1. The molecule has 0 aliphatic carbocycles. The molecule has 0 aromatic heterocycles. The van der Waals surface area contributed by atoms with Crippen molar-refractivity contribution in [3.05, 3.63) is 69.5 Å². The molecular weight excluding hydrogens is 483 g/mol. The molecule has 4 atom stereocenters. The molecule has 2 aliphatic rings. The SMILES string of the molecule is CC1C2(c3cccc(Cl)c3)OC(=N)C1(C#N)C(C#N)(C#N)C(c1c(F)c(F)c(F)c(F)c1F)O2. The highest BCUT2D eigenvalue weighted by Crippen LogP contribution is 2.69. The lowest BCUT2D eigenvalue weighted by molar-refractivity contribution is -0.289. The standard InChI is InChI=1S/C22H10ClF5N4O2/c1-9-21(8-31)19(32)34-22(9,10-3-2-4-11(23)5-10)33-18(20(21,6-29)7-30)12-13(24)15(26)17(28)16(27)14(12)25/h2-5,9,18,32H,1H3. The summed E-state index contributed by atoms with van der Waals surface area (Å²) in [6.07, 6.45) is -2.54. The fourth-order valence-electron chi connectivity index (χ4n) is 4.68. The Morgan fingerprint density at radius 3 is 2.00 bits per heavy atom. The lowest BCUT2D eigenvalue weighted by Crippen LogP contribution is -2.58. The minimum Gasteiger partial charge on any atom is -0.443 e. The first-order chi connectivity index (χ1) is 16.0. The Balaban J connectivity index is 2.15. The van der Waals surface area contributed by atoms with Gasteiger partial charge in [-0.05, 0) is 12.1 Å². The Hall–Kier alpha value is -3.72. The smallest absolute Gasteiger partial charge is 0.244 e. The number of nitriles is 3. The summed E-state index contributed by atoms with van der Waals surface area (Å²) in [5.74, 6) is -16.4. The number of hydrogen-bond acceptors (Lipinski definition) is 6. The highest BCUT2D eigenvalue weighted by Gasteiger charge is 2.80. The van der Waals surface area contributed by atoms with Crippen molar-refractivity contribution >= 4 is 17.5 Å². The summed E-state index contributed by atoms with van der Waals surface area (Å²) in [6.45, 7) is 1.30. The summed E-state index contributed by atoms with van der Waals surface area (Å²) in [4.78, 5) is 0. The molecule has 4 unspecified atom stereocenters. The number of rotatable bonds is 2. The number of nitrogens with zero attached hydrogens (tertiary/aromatic N) is 3. The van der Waals surface area contributed by atoms with E-state index in [2.05, 4.69) is 0 Å². The van der Waals surface area contributed by atoms with Crippen LogP contribution in [0.25, 0.3) is 0 Å². The molecule has 0 saturated carbocycles. The van der Waals surface area contributed by atoms with Gasteiger partial charge in [0.1, 0.15) is 6.10 Å². The van der Waals surface area contributed by atoms with Crippen LogP contribution >= 0.6 is 11.6 Å². The second-order valence-electron chi connectivity index (χ2n) is 7.76. The average Bonchev–Trinajstić information content (AvgIpc) is 2.98. The Labute approximate surface area is 193 Å². The van der Waals surface area contributed by atoms with Crippen molar-refractivity contribution in [2.75, 3.05) is 0 Å². The number of halogens is 6. The van der Waals surface area contributed by atoms with Crippen LogP contribution in [0.2, 0.25) is 5.02 Å². The summed E-state index contributed by atoms with van der Waals surface area (Å²) >= 11 is 6.03. The number of fused-ring (bicyclic) bond motifs is 2. The van der Waals surface area contributed by atoms with Gasteiger partial charge in [0.15, 0.2) is 28.7 Å². The van der Waals surface area contributed by atoms with Crippen molar-refractivity contribution in [1.82, 2.24) is 0 Å². The van der Waals surface area contributed by atoms with E-state index in [1.165, 1.54) is 43.3 Å². The third-order valence-corrected chi connectivity index (χ3v) is 6.64. The molecule has 0 radical (unpaired) electrons. The van der Waals surface area contributed by atoms with Gasteiger partial charge in [0.05, 0.1) is 29.7 Å². The van der Waals surface area contributed by atoms with Gasteiger partial charge in [-0.2, -0.15) is 15.8 Å². The van der Waals surface area contributed by atoms with Crippen LogP contribution in [-0.4, -0.2) is 5.90 Å². The van der Waals surface area contributed by atoms with Gasteiger partial charge in [-0.3, -0.25) is 5.41 Å². The second kappa shape index (κ2) is 7.39. The average molecular weight is 493 g/mol. The van der Waals surface area contributed by atoms with Crippen molar-refractivity contribution in [3.8, 4) is 18.2 Å².